The number of carbonyl (C=O) groups excluding carboxylic acids is 1. The second kappa shape index (κ2) is 6.66. The average molecular weight is 292 g/mol. The average Bonchev–Trinajstić information content (AvgIpc) is 2.47. The molecule has 2 atom stereocenters. The van der Waals surface area contributed by atoms with Crippen LogP contribution in [0.1, 0.15) is 18.1 Å². The fraction of sp³-hybridized carbons (Fsp3) is 0.467. The minimum Gasteiger partial charge on any atom is -0.467 e. The highest BCUT2D eigenvalue weighted by molar-refractivity contribution is 5.75. The third-order valence-corrected chi connectivity index (χ3v) is 3.36. The minimum absolute atomic E-state index is 0.0262. The van der Waals surface area contributed by atoms with E-state index in [0.717, 1.165) is 5.56 Å². The van der Waals surface area contributed by atoms with E-state index in [0.29, 0.717) is 19.6 Å². The monoisotopic (exact) mass is 292 g/mol. The molecule has 112 valence electrons. The van der Waals surface area contributed by atoms with Crippen LogP contribution in [0.3, 0.4) is 0 Å². The quantitative estimate of drug-likeness (QED) is 0.789. The Morgan fingerprint density at radius 3 is 3.00 bits per heavy atom. The van der Waals surface area contributed by atoms with Crippen molar-refractivity contribution in [2.24, 2.45) is 0 Å². The van der Waals surface area contributed by atoms with Crippen molar-refractivity contribution in [2.75, 3.05) is 20.2 Å². The number of morpholine rings is 1. The summed E-state index contributed by atoms with van der Waals surface area (Å²) in [5, 5.41) is 8.85. The third-order valence-electron chi connectivity index (χ3n) is 3.36. The van der Waals surface area contributed by atoms with Crippen LogP contribution < -0.4 is 0 Å². The Bertz CT molecular complexity index is 571. The predicted octanol–water partition coefficient (Wildman–Crippen LogP) is 1.46. The SMILES string of the molecule is COC(=O)[C@@H]1CN(Cc2ccc(F)c(C#N)c2)C[C@@H](C)O1. The summed E-state index contributed by atoms with van der Waals surface area (Å²) < 4.78 is 23.6. The second-order valence-corrected chi connectivity index (χ2v) is 5.08. The van der Waals surface area contributed by atoms with E-state index in [4.69, 9.17) is 14.7 Å². The third kappa shape index (κ3) is 3.78. The van der Waals surface area contributed by atoms with E-state index in [9.17, 15) is 9.18 Å². The number of benzene rings is 1. The summed E-state index contributed by atoms with van der Waals surface area (Å²) in [5.74, 6) is -0.924. The minimum atomic E-state index is -0.616. The molecule has 0 radical (unpaired) electrons. The summed E-state index contributed by atoms with van der Waals surface area (Å²) in [4.78, 5) is 13.6. The zero-order chi connectivity index (χ0) is 15.4. The van der Waals surface area contributed by atoms with Crippen molar-refractivity contribution in [1.29, 1.82) is 5.26 Å². The number of methoxy groups -OCH3 is 1. The van der Waals surface area contributed by atoms with E-state index < -0.39 is 17.9 Å². The van der Waals surface area contributed by atoms with Gasteiger partial charge >= 0.3 is 5.97 Å². The van der Waals surface area contributed by atoms with Gasteiger partial charge in [0.25, 0.3) is 0 Å². The van der Waals surface area contributed by atoms with Crippen molar-refractivity contribution < 1.29 is 18.7 Å². The molecule has 0 saturated carbocycles. The first-order valence-corrected chi connectivity index (χ1v) is 6.67. The van der Waals surface area contributed by atoms with Crippen molar-refractivity contribution >= 4 is 5.97 Å². The molecule has 2 rings (SSSR count). The molecule has 1 heterocycles. The summed E-state index contributed by atoms with van der Waals surface area (Å²) in [5.41, 5.74) is 0.851. The smallest absolute Gasteiger partial charge is 0.336 e. The molecule has 0 aliphatic carbocycles. The van der Waals surface area contributed by atoms with Gasteiger partial charge in [0.05, 0.1) is 18.8 Å². The van der Waals surface area contributed by atoms with Gasteiger partial charge in [-0.3, -0.25) is 4.90 Å². The summed E-state index contributed by atoms with van der Waals surface area (Å²) in [6.07, 6.45) is -0.714. The molecule has 6 heteroatoms. The molecule has 1 fully saturated rings. The van der Waals surface area contributed by atoms with Gasteiger partial charge in [0.2, 0.25) is 0 Å². The maximum Gasteiger partial charge on any atom is 0.336 e. The summed E-state index contributed by atoms with van der Waals surface area (Å²) in [6, 6.07) is 6.29. The second-order valence-electron chi connectivity index (χ2n) is 5.08. The van der Waals surface area contributed by atoms with Crippen LogP contribution in [-0.2, 0) is 20.8 Å². The number of carbonyl (C=O) groups is 1. The molecule has 1 aliphatic rings. The molecule has 1 aromatic carbocycles. The Balaban J connectivity index is 2.08. The van der Waals surface area contributed by atoms with Gasteiger partial charge < -0.3 is 9.47 Å². The Hall–Kier alpha value is -1.97. The van der Waals surface area contributed by atoms with Gasteiger partial charge in [-0.25, -0.2) is 9.18 Å². The molecule has 0 bridgehead atoms. The lowest BCUT2D eigenvalue weighted by molar-refractivity contribution is -0.166. The van der Waals surface area contributed by atoms with Crippen molar-refractivity contribution in [1.82, 2.24) is 4.90 Å². The standard InChI is InChI=1S/C15H17FN2O3/c1-10-7-18(9-14(21-10)15(19)20-2)8-11-3-4-13(16)12(5-11)6-17/h3-5,10,14H,7-9H2,1-2H3/t10-,14+/m1/s1. The van der Waals surface area contributed by atoms with Gasteiger partial charge in [-0.05, 0) is 24.6 Å². The largest absolute Gasteiger partial charge is 0.467 e. The Labute approximate surface area is 122 Å². The maximum absolute atomic E-state index is 13.3. The number of halogens is 1. The molecule has 1 saturated heterocycles. The van der Waals surface area contributed by atoms with Crippen LogP contribution in [0.25, 0.3) is 0 Å². The van der Waals surface area contributed by atoms with Crippen molar-refractivity contribution in [3.8, 4) is 6.07 Å². The van der Waals surface area contributed by atoms with Crippen LogP contribution in [0.5, 0.6) is 0 Å². The number of ether oxygens (including phenoxy) is 2. The lowest BCUT2D eigenvalue weighted by Gasteiger charge is -2.35. The van der Waals surface area contributed by atoms with E-state index in [-0.39, 0.29) is 11.7 Å². The zero-order valence-electron chi connectivity index (χ0n) is 12.0. The summed E-state index contributed by atoms with van der Waals surface area (Å²) >= 11 is 0. The Morgan fingerprint density at radius 1 is 1.57 bits per heavy atom. The number of rotatable bonds is 3. The van der Waals surface area contributed by atoms with Crippen molar-refractivity contribution in [2.45, 2.75) is 25.7 Å². The van der Waals surface area contributed by atoms with Crippen molar-refractivity contribution in [3.05, 3.63) is 35.1 Å². The maximum atomic E-state index is 13.3. The predicted molar refractivity (Wildman–Crippen MR) is 72.7 cm³/mol. The van der Waals surface area contributed by atoms with Crippen molar-refractivity contribution in [3.63, 3.8) is 0 Å². The van der Waals surface area contributed by atoms with Crippen LogP contribution in [0.4, 0.5) is 4.39 Å². The summed E-state index contributed by atoms with van der Waals surface area (Å²) in [6.45, 7) is 3.48. The molecule has 5 nitrogen and oxygen atoms in total. The Kier molecular flexibility index (Phi) is 4.89. The first-order chi connectivity index (χ1) is 10.0. The van der Waals surface area contributed by atoms with E-state index in [2.05, 4.69) is 0 Å². The van der Waals surface area contributed by atoms with Gasteiger partial charge in [-0.2, -0.15) is 5.26 Å². The number of esters is 1. The molecule has 0 amide bonds. The normalized spacial score (nSPS) is 22.6. The molecule has 0 spiro atoms. The van der Waals surface area contributed by atoms with Gasteiger partial charge in [0.15, 0.2) is 6.10 Å². The number of nitriles is 1. The first-order valence-electron chi connectivity index (χ1n) is 6.67. The zero-order valence-corrected chi connectivity index (χ0v) is 12.0. The molecule has 21 heavy (non-hydrogen) atoms. The molecule has 0 unspecified atom stereocenters. The highest BCUT2D eigenvalue weighted by Crippen LogP contribution is 2.17. The molecule has 1 aromatic rings. The molecule has 1 aliphatic heterocycles. The lowest BCUT2D eigenvalue weighted by Crippen LogP contribution is -2.49. The highest BCUT2D eigenvalue weighted by atomic mass is 19.1. The fourth-order valence-corrected chi connectivity index (χ4v) is 2.44. The van der Waals surface area contributed by atoms with Gasteiger partial charge in [-0.1, -0.05) is 6.07 Å². The van der Waals surface area contributed by atoms with Gasteiger partial charge in [0, 0.05) is 19.6 Å². The topological polar surface area (TPSA) is 62.6 Å². The molecule has 0 aromatic heterocycles. The van der Waals surface area contributed by atoms with Crippen LogP contribution in [-0.4, -0.2) is 43.3 Å². The first kappa shape index (κ1) is 15.4. The van der Waals surface area contributed by atoms with Crippen LogP contribution in [0.15, 0.2) is 18.2 Å². The fourth-order valence-electron chi connectivity index (χ4n) is 2.44. The summed E-state index contributed by atoms with van der Waals surface area (Å²) in [7, 11) is 1.33. The van der Waals surface area contributed by atoms with E-state index in [1.807, 2.05) is 17.9 Å². The number of nitrogens with zero attached hydrogens (tertiary/aromatic N) is 2. The van der Waals surface area contributed by atoms with E-state index >= 15 is 0 Å². The van der Waals surface area contributed by atoms with Crippen LogP contribution >= 0.6 is 0 Å². The Morgan fingerprint density at radius 2 is 2.33 bits per heavy atom. The van der Waals surface area contributed by atoms with Crippen LogP contribution in [0, 0.1) is 17.1 Å². The molecule has 0 N–H and O–H groups in total. The lowest BCUT2D eigenvalue weighted by atomic mass is 10.1. The van der Waals surface area contributed by atoms with Gasteiger partial charge in [0.1, 0.15) is 11.9 Å². The number of hydrogen-bond donors (Lipinski definition) is 0. The molecular formula is C15H17FN2O3. The van der Waals surface area contributed by atoms with Crippen LogP contribution in [0.2, 0.25) is 0 Å². The van der Waals surface area contributed by atoms with E-state index in [1.54, 1.807) is 6.07 Å². The number of hydrogen-bond acceptors (Lipinski definition) is 5. The van der Waals surface area contributed by atoms with E-state index in [1.165, 1.54) is 19.2 Å². The highest BCUT2D eigenvalue weighted by Gasteiger charge is 2.31. The van der Waals surface area contributed by atoms with Gasteiger partial charge in [-0.15, -0.1) is 0 Å². The molecular weight excluding hydrogens is 275 g/mol.